The lowest BCUT2D eigenvalue weighted by Gasteiger charge is -2.31. The fourth-order valence-electron chi connectivity index (χ4n) is 8.69. The number of carbonyl (C=O) groups excluding carboxylic acids is 3. The summed E-state index contributed by atoms with van der Waals surface area (Å²) >= 11 is 12.1. The number of hydrogen-bond donors (Lipinski definition) is 1. The number of benzene rings is 6. The molecule has 3 radical (unpaired) electrons. The normalized spacial score (nSPS) is 13.4. The molecule has 0 bridgehead atoms. The molecule has 0 spiro atoms. The molecule has 6 aromatic rings. The van der Waals surface area contributed by atoms with E-state index in [-0.39, 0.29) is 90.2 Å². The molecular formula is C63H75BCl2F2NO8. The molecule has 411 valence electrons. The first kappa shape index (κ1) is 65.4. The Bertz CT molecular complexity index is 2750. The van der Waals surface area contributed by atoms with Gasteiger partial charge in [-0.15, -0.1) is 0 Å². The van der Waals surface area contributed by atoms with Crippen LogP contribution >= 0.6 is 23.2 Å². The third kappa shape index (κ3) is 21.5. The Labute approximate surface area is 467 Å². The lowest BCUT2D eigenvalue weighted by molar-refractivity contribution is -0.164. The molecule has 0 aliphatic rings. The molecule has 77 heavy (non-hydrogen) atoms. The first-order chi connectivity index (χ1) is 35.7. The minimum Gasteiger partial charge on any atom is -0.460 e. The van der Waals surface area contributed by atoms with Gasteiger partial charge in [-0.05, 0) is 150 Å². The van der Waals surface area contributed by atoms with Crippen LogP contribution in [0.25, 0.3) is 22.3 Å². The van der Waals surface area contributed by atoms with Gasteiger partial charge < -0.3 is 29.4 Å². The third-order valence-electron chi connectivity index (χ3n) is 12.4. The molecule has 2 N–H and O–H groups in total. The highest BCUT2D eigenvalue weighted by Gasteiger charge is 2.39. The Kier molecular flexibility index (Phi) is 26.8. The first-order valence-corrected chi connectivity index (χ1v) is 26.1. The first-order valence-electron chi connectivity index (χ1n) is 25.3. The van der Waals surface area contributed by atoms with Crippen molar-refractivity contribution in [1.82, 2.24) is 0 Å². The van der Waals surface area contributed by atoms with Gasteiger partial charge in [0.2, 0.25) is 0 Å². The van der Waals surface area contributed by atoms with Crippen LogP contribution in [0, 0.1) is 28.4 Å². The van der Waals surface area contributed by atoms with E-state index in [4.69, 9.17) is 52.6 Å². The highest BCUT2D eigenvalue weighted by molar-refractivity contribution is 6.31. The topological polar surface area (TPSA) is 123 Å². The van der Waals surface area contributed by atoms with Crippen molar-refractivity contribution < 1.29 is 46.8 Å². The van der Waals surface area contributed by atoms with Gasteiger partial charge in [0.1, 0.15) is 30.4 Å². The van der Waals surface area contributed by atoms with E-state index in [0.717, 1.165) is 27.8 Å². The van der Waals surface area contributed by atoms with Crippen LogP contribution < -0.4 is 5.73 Å². The molecule has 14 heteroatoms. The van der Waals surface area contributed by atoms with E-state index in [1.807, 2.05) is 158 Å². The summed E-state index contributed by atoms with van der Waals surface area (Å²) in [6.07, 6.45) is 1.95. The highest BCUT2D eigenvalue weighted by atomic mass is 35.5. The Morgan fingerprint density at radius 2 is 0.961 bits per heavy atom. The molecule has 0 heterocycles. The zero-order valence-electron chi connectivity index (χ0n) is 44.7. The van der Waals surface area contributed by atoms with Crippen molar-refractivity contribution in [2.24, 2.45) is 22.5 Å². The minimum atomic E-state index is -0.985. The number of esters is 3. The monoisotopic (exact) mass is 1090 g/mol. The van der Waals surface area contributed by atoms with Gasteiger partial charge in [-0.2, -0.15) is 0 Å². The minimum absolute atomic E-state index is 0. The standard InChI is InChI=1S/C34H40ClFO5.C28H31ClFNO3.CH4.B/c1-6-39-23-34(5,32(38)40-22-25-10-8-7-9-11-25)21-26(19-31(37)41-33(2,3)4)18-24-12-14-27(15-13-24)29-20-28(35)16-17-30(29)36;1-3-33-19-28(2,27(32)34-18-21-7-5-4-6-8-21)17-24(31)15-20-9-11-22(12-10-20)25-16-23(29)13-14-26(25)30;;/h7-17,20,26H,6,18-19,21-23H2,1-5H3;4-14,16,24H,3,15,17-19,31H2,1-2H3;1H4;/t26-,34-;24-,28+;;/m01../s1. The van der Waals surface area contributed by atoms with E-state index in [1.54, 1.807) is 12.1 Å². The highest BCUT2D eigenvalue weighted by Crippen LogP contribution is 2.35. The molecule has 0 amide bonds. The van der Waals surface area contributed by atoms with Crippen LogP contribution in [0.1, 0.15) is 97.4 Å². The number of ether oxygens (including phenoxy) is 5. The average Bonchev–Trinajstić information content (AvgIpc) is 3.38. The van der Waals surface area contributed by atoms with Gasteiger partial charge in [-0.1, -0.05) is 140 Å². The summed E-state index contributed by atoms with van der Waals surface area (Å²) < 4.78 is 56.9. The van der Waals surface area contributed by atoms with Gasteiger partial charge in [0.15, 0.2) is 0 Å². The van der Waals surface area contributed by atoms with Gasteiger partial charge >= 0.3 is 17.9 Å². The molecule has 0 aliphatic heterocycles. The van der Waals surface area contributed by atoms with Crippen molar-refractivity contribution in [3.63, 3.8) is 0 Å². The maximum absolute atomic E-state index is 14.4. The number of hydrogen-bond acceptors (Lipinski definition) is 9. The van der Waals surface area contributed by atoms with Crippen molar-refractivity contribution in [2.75, 3.05) is 26.4 Å². The van der Waals surface area contributed by atoms with E-state index in [1.165, 1.54) is 24.3 Å². The Morgan fingerprint density at radius 3 is 1.36 bits per heavy atom. The molecular weight excluding hydrogens is 1020 g/mol. The average molecular weight is 1090 g/mol. The molecule has 6 aromatic carbocycles. The Morgan fingerprint density at radius 1 is 0.558 bits per heavy atom. The number of rotatable bonds is 24. The van der Waals surface area contributed by atoms with E-state index >= 15 is 0 Å². The summed E-state index contributed by atoms with van der Waals surface area (Å²) in [5, 5.41) is 0.936. The lowest BCUT2D eigenvalue weighted by atomic mass is 9.78. The summed E-state index contributed by atoms with van der Waals surface area (Å²) in [5.41, 5.74) is 10.0. The molecule has 4 atom stereocenters. The van der Waals surface area contributed by atoms with Crippen molar-refractivity contribution in [3.8, 4) is 22.3 Å². The lowest BCUT2D eigenvalue weighted by Crippen LogP contribution is -2.41. The molecule has 6 rings (SSSR count). The van der Waals surface area contributed by atoms with Crippen LogP contribution in [0.4, 0.5) is 8.78 Å². The van der Waals surface area contributed by atoms with Gasteiger partial charge in [0.25, 0.3) is 0 Å². The third-order valence-corrected chi connectivity index (χ3v) is 12.9. The zero-order chi connectivity index (χ0) is 54.6. The summed E-state index contributed by atoms with van der Waals surface area (Å²) in [6, 6.07) is 42.7. The van der Waals surface area contributed by atoms with E-state index in [0.29, 0.717) is 65.6 Å². The van der Waals surface area contributed by atoms with Gasteiger partial charge in [0.05, 0.1) is 24.0 Å². The van der Waals surface area contributed by atoms with Gasteiger partial charge in [0, 0.05) is 55.3 Å². The fourth-order valence-corrected chi connectivity index (χ4v) is 9.03. The second-order valence-corrected chi connectivity index (χ2v) is 21.3. The smallest absolute Gasteiger partial charge is 0.314 e. The summed E-state index contributed by atoms with van der Waals surface area (Å²) in [6.45, 7) is 14.6. The molecule has 0 unspecified atom stereocenters. The molecule has 9 nitrogen and oxygen atoms in total. The van der Waals surface area contributed by atoms with Crippen LogP contribution in [-0.2, 0) is 64.1 Å². The second kappa shape index (κ2) is 31.5. The van der Waals surface area contributed by atoms with Gasteiger partial charge in [-0.3, -0.25) is 14.4 Å². The molecule has 0 saturated heterocycles. The molecule has 0 aromatic heterocycles. The van der Waals surface area contributed by atoms with Crippen LogP contribution in [0.2, 0.25) is 10.0 Å². The molecule has 0 aliphatic carbocycles. The number of nitrogens with two attached hydrogens (primary N) is 1. The maximum Gasteiger partial charge on any atom is 0.314 e. The van der Waals surface area contributed by atoms with Crippen LogP contribution in [0.3, 0.4) is 0 Å². The van der Waals surface area contributed by atoms with Crippen molar-refractivity contribution >= 4 is 49.5 Å². The van der Waals surface area contributed by atoms with E-state index in [2.05, 4.69) is 0 Å². The fraction of sp³-hybridized carbons (Fsp3) is 0.381. The van der Waals surface area contributed by atoms with Crippen molar-refractivity contribution in [3.05, 3.63) is 190 Å². The summed E-state index contributed by atoms with van der Waals surface area (Å²) in [7, 11) is 0. The molecule has 0 saturated carbocycles. The van der Waals surface area contributed by atoms with Crippen molar-refractivity contribution in [2.45, 2.75) is 113 Å². The largest absolute Gasteiger partial charge is 0.460 e. The summed E-state index contributed by atoms with van der Waals surface area (Å²) in [5.74, 6) is -1.96. The van der Waals surface area contributed by atoms with Crippen LogP contribution in [0.15, 0.2) is 146 Å². The van der Waals surface area contributed by atoms with Gasteiger partial charge in [-0.25, -0.2) is 8.78 Å². The van der Waals surface area contributed by atoms with Crippen LogP contribution in [-0.4, -0.2) is 64.4 Å². The summed E-state index contributed by atoms with van der Waals surface area (Å²) in [4.78, 5) is 39.4. The second-order valence-electron chi connectivity index (χ2n) is 20.4. The quantitative estimate of drug-likeness (QED) is 0.0358. The zero-order valence-corrected chi connectivity index (χ0v) is 46.2. The predicted octanol–water partition coefficient (Wildman–Crippen LogP) is 14.7. The van der Waals surface area contributed by atoms with Crippen molar-refractivity contribution in [1.29, 1.82) is 0 Å². The Hall–Kier alpha value is -5.89. The molecule has 0 fully saturated rings. The SMILES string of the molecule is C.CCOC[C@](C)(C[C@H](CC(=O)OC(C)(C)C)Cc1ccc(-c2cc(Cl)ccc2F)cc1)C(=O)OCc1ccccc1.CCOC[C@](C)(C[C@H](N)Cc1ccc(-c2cc(Cl)ccc2F)cc1)C(=O)OCc1ccccc1.[B]. The van der Waals surface area contributed by atoms with E-state index in [9.17, 15) is 23.2 Å². The van der Waals surface area contributed by atoms with Crippen LogP contribution in [0.5, 0.6) is 0 Å². The predicted molar refractivity (Wildman–Crippen MR) is 306 cm³/mol. The number of carbonyl (C=O) groups is 3. The Balaban J connectivity index is 0.000000401. The van der Waals surface area contributed by atoms with E-state index < -0.39 is 16.4 Å². The maximum atomic E-state index is 14.4. The number of halogens is 4.